The highest BCUT2D eigenvalue weighted by atomic mass is 16.6. The number of aliphatic hydroxyl groups is 2. The molecule has 0 fully saturated rings. The second-order valence-electron chi connectivity index (χ2n) is 7.06. The summed E-state index contributed by atoms with van der Waals surface area (Å²) >= 11 is 0. The van der Waals surface area contributed by atoms with Crippen molar-refractivity contribution in [3.05, 3.63) is 0 Å². The Kier molecular flexibility index (Phi) is 19.5. The van der Waals surface area contributed by atoms with E-state index in [1.54, 1.807) is 0 Å². The van der Waals surface area contributed by atoms with Crippen LogP contribution in [0.5, 0.6) is 0 Å². The van der Waals surface area contributed by atoms with Gasteiger partial charge in [-0.25, -0.2) is 4.79 Å². The molecule has 0 rings (SSSR count). The molecule has 2 atom stereocenters. The van der Waals surface area contributed by atoms with Crippen LogP contribution in [0.2, 0.25) is 0 Å². The normalized spacial score (nSPS) is 12.4. The summed E-state index contributed by atoms with van der Waals surface area (Å²) in [5.41, 5.74) is 0. The summed E-state index contributed by atoms with van der Waals surface area (Å²) in [7, 11) is 1.88. The van der Waals surface area contributed by atoms with Crippen LogP contribution >= 0.6 is 0 Å². The zero-order valence-corrected chi connectivity index (χ0v) is 19.8. The Hall–Kier alpha value is -2.52. The molecule has 6 N–H and O–H groups in total. The van der Waals surface area contributed by atoms with E-state index >= 15 is 0 Å². The highest BCUT2D eigenvalue weighted by molar-refractivity contribution is 5.77. The molecule has 0 saturated carbocycles. The zero-order valence-electron chi connectivity index (χ0n) is 19.8. The molecular formula is C20H38N4O10. The number of rotatable bonds is 20. The van der Waals surface area contributed by atoms with Crippen LogP contribution in [0, 0.1) is 0 Å². The number of amides is 1. The molecule has 0 aromatic carbocycles. The predicted molar refractivity (Wildman–Crippen MR) is 119 cm³/mol. The van der Waals surface area contributed by atoms with Crippen LogP contribution in [0.3, 0.4) is 0 Å². The molecular weight excluding hydrogens is 456 g/mol. The van der Waals surface area contributed by atoms with Gasteiger partial charge in [0.25, 0.3) is 0 Å². The van der Waals surface area contributed by atoms with E-state index in [9.17, 15) is 24.3 Å². The minimum absolute atomic E-state index is 0.300. The largest absolute Gasteiger partial charge is 0.463 e. The van der Waals surface area contributed by atoms with Gasteiger partial charge in [0, 0.05) is 46.2 Å². The van der Waals surface area contributed by atoms with Gasteiger partial charge in [0.2, 0.25) is 0 Å². The van der Waals surface area contributed by atoms with Gasteiger partial charge in [-0.1, -0.05) is 0 Å². The number of alkyl carbamates (subject to hydrolysis) is 1. The first-order valence-electron chi connectivity index (χ1n) is 11.0. The third kappa shape index (κ3) is 20.1. The monoisotopic (exact) mass is 494 g/mol. The van der Waals surface area contributed by atoms with Crippen LogP contribution in [-0.4, -0.2) is 119 Å². The first kappa shape index (κ1) is 31.5. The molecule has 14 heteroatoms. The molecule has 1 amide bonds. The van der Waals surface area contributed by atoms with Gasteiger partial charge >= 0.3 is 24.0 Å². The Morgan fingerprint density at radius 3 is 1.88 bits per heavy atom. The number of nitrogens with one attached hydrogen (secondary N) is 4. The zero-order chi connectivity index (χ0) is 25.6. The lowest BCUT2D eigenvalue weighted by Gasteiger charge is -2.14. The predicted octanol–water partition coefficient (Wildman–Crippen LogP) is -2.74. The summed E-state index contributed by atoms with van der Waals surface area (Å²) in [4.78, 5) is 45.6. The van der Waals surface area contributed by atoms with Crippen molar-refractivity contribution in [1.82, 2.24) is 21.3 Å². The number of esters is 3. The number of ether oxygens (including phenoxy) is 4. The Bertz CT molecular complexity index is 594. The van der Waals surface area contributed by atoms with Crippen molar-refractivity contribution in [2.75, 3.05) is 72.7 Å². The van der Waals surface area contributed by atoms with E-state index in [1.165, 1.54) is 0 Å². The fourth-order valence-corrected chi connectivity index (χ4v) is 2.25. The molecule has 0 spiro atoms. The third-order valence-corrected chi connectivity index (χ3v) is 3.94. The maximum absolute atomic E-state index is 11.6. The van der Waals surface area contributed by atoms with Gasteiger partial charge in [0.1, 0.15) is 25.9 Å². The standard InChI is InChI=1S/C20H38N4O10/c1-15(26)34-17(11-25)14-32-19(29)4-3-18(28)31-12-16(27)13-33-20(30)24-10-9-23-8-7-22-6-5-21-2/h16-17,21-23,25,27H,3-14H2,1-2H3,(H,24,30). The lowest BCUT2D eigenvalue weighted by atomic mass is 10.3. The second kappa shape index (κ2) is 21.0. The summed E-state index contributed by atoms with van der Waals surface area (Å²) in [6, 6.07) is 0. The van der Waals surface area contributed by atoms with E-state index in [4.69, 9.17) is 24.1 Å². The molecule has 0 aromatic rings. The van der Waals surface area contributed by atoms with Crippen LogP contribution in [0.25, 0.3) is 0 Å². The first-order valence-corrected chi connectivity index (χ1v) is 11.0. The summed E-state index contributed by atoms with van der Waals surface area (Å²) in [5, 5.41) is 30.6. The minimum Gasteiger partial charge on any atom is -0.463 e. The molecule has 0 heterocycles. The van der Waals surface area contributed by atoms with Crippen molar-refractivity contribution >= 4 is 24.0 Å². The van der Waals surface area contributed by atoms with Gasteiger partial charge in [-0.05, 0) is 7.05 Å². The quantitative estimate of drug-likeness (QED) is 0.0580. The van der Waals surface area contributed by atoms with Crippen molar-refractivity contribution in [2.45, 2.75) is 32.0 Å². The van der Waals surface area contributed by atoms with Crippen molar-refractivity contribution in [2.24, 2.45) is 0 Å². The number of hydrogen-bond acceptors (Lipinski definition) is 13. The van der Waals surface area contributed by atoms with E-state index in [0.717, 1.165) is 33.1 Å². The lowest BCUT2D eigenvalue weighted by Crippen LogP contribution is -2.37. The maximum atomic E-state index is 11.6. The van der Waals surface area contributed by atoms with Crippen molar-refractivity contribution in [3.8, 4) is 0 Å². The van der Waals surface area contributed by atoms with Crippen molar-refractivity contribution < 1.29 is 48.3 Å². The second-order valence-corrected chi connectivity index (χ2v) is 7.06. The summed E-state index contributed by atoms with van der Waals surface area (Å²) in [5.74, 6) is -2.14. The third-order valence-electron chi connectivity index (χ3n) is 3.94. The smallest absolute Gasteiger partial charge is 0.407 e. The molecule has 0 radical (unpaired) electrons. The van der Waals surface area contributed by atoms with E-state index in [0.29, 0.717) is 13.1 Å². The summed E-state index contributed by atoms with van der Waals surface area (Å²) < 4.78 is 19.1. The number of hydrogen-bond donors (Lipinski definition) is 6. The number of carbonyl (C=O) groups is 4. The highest BCUT2D eigenvalue weighted by Gasteiger charge is 2.16. The molecule has 0 aromatic heterocycles. The molecule has 34 heavy (non-hydrogen) atoms. The van der Waals surface area contributed by atoms with Gasteiger partial charge in [-0.3, -0.25) is 14.4 Å². The molecule has 0 aliphatic rings. The van der Waals surface area contributed by atoms with Crippen LogP contribution in [0.1, 0.15) is 19.8 Å². The summed E-state index contributed by atoms with van der Waals surface area (Å²) in [6.45, 7) is 3.72. The van der Waals surface area contributed by atoms with Crippen LogP contribution in [0.4, 0.5) is 4.79 Å². The van der Waals surface area contributed by atoms with E-state index in [1.807, 2.05) is 7.05 Å². The average Bonchev–Trinajstić information content (AvgIpc) is 2.81. The first-order chi connectivity index (χ1) is 16.3. The Morgan fingerprint density at radius 1 is 0.794 bits per heavy atom. The SMILES string of the molecule is CNCCNCCNCCNC(=O)OCC(O)COC(=O)CCC(=O)OCC(CO)OC(C)=O. The molecule has 198 valence electrons. The average molecular weight is 495 g/mol. The molecule has 0 aliphatic heterocycles. The maximum Gasteiger partial charge on any atom is 0.407 e. The van der Waals surface area contributed by atoms with Crippen LogP contribution in [0.15, 0.2) is 0 Å². The van der Waals surface area contributed by atoms with Gasteiger partial charge in [0.15, 0.2) is 6.10 Å². The topological polar surface area (TPSA) is 194 Å². The fraction of sp³-hybridized carbons (Fsp3) is 0.800. The number of carbonyl (C=O) groups excluding carboxylic acids is 4. The Labute approximate surface area is 199 Å². The molecule has 0 bridgehead atoms. The number of likely N-dealkylation sites (N-methyl/N-ethyl adjacent to an activating group) is 1. The number of aliphatic hydroxyl groups excluding tert-OH is 2. The van der Waals surface area contributed by atoms with Gasteiger partial charge < -0.3 is 50.4 Å². The fourth-order valence-electron chi connectivity index (χ4n) is 2.25. The molecule has 0 aliphatic carbocycles. The van der Waals surface area contributed by atoms with E-state index in [-0.39, 0.29) is 26.1 Å². The van der Waals surface area contributed by atoms with Crippen LogP contribution < -0.4 is 21.3 Å². The van der Waals surface area contributed by atoms with Crippen LogP contribution in [-0.2, 0) is 33.3 Å². The lowest BCUT2D eigenvalue weighted by molar-refractivity contribution is -0.160. The van der Waals surface area contributed by atoms with Gasteiger partial charge in [0.05, 0.1) is 19.4 Å². The van der Waals surface area contributed by atoms with E-state index in [2.05, 4.69) is 21.3 Å². The minimum atomic E-state index is -1.22. The van der Waals surface area contributed by atoms with Crippen molar-refractivity contribution in [1.29, 1.82) is 0 Å². The Morgan fingerprint density at radius 2 is 1.32 bits per heavy atom. The molecule has 14 nitrogen and oxygen atoms in total. The van der Waals surface area contributed by atoms with E-state index < -0.39 is 49.4 Å². The van der Waals surface area contributed by atoms with Gasteiger partial charge in [-0.15, -0.1) is 0 Å². The molecule has 0 saturated heterocycles. The highest BCUT2D eigenvalue weighted by Crippen LogP contribution is 2.00. The Balaban J connectivity index is 3.73. The van der Waals surface area contributed by atoms with Crippen molar-refractivity contribution in [3.63, 3.8) is 0 Å². The molecule has 2 unspecified atom stereocenters. The van der Waals surface area contributed by atoms with Gasteiger partial charge in [-0.2, -0.15) is 0 Å². The summed E-state index contributed by atoms with van der Waals surface area (Å²) in [6.07, 6.45) is -3.52.